The van der Waals surface area contributed by atoms with Gasteiger partial charge in [0.05, 0.1) is 24.1 Å². The van der Waals surface area contributed by atoms with Gasteiger partial charge in [0.1, 0.15) is 10.0 Å². The van der Waals surface area contributed by atoms with Gasteiger partial charge in [0.15, 0.2) is 0 Å². The maximum Gasteiger partial charge on any atom is 0.421 e. The van der Waals surface area contributed by atoms with Crippen molar-refractivity contribution in [1.82, 2.24) is 19.6 Å². The molecule has 0 unspecified atom stereocenters. The summed E-state index contributed by atoms with van der Waals surface area (Å²) in [6, 6.07) is 13.9. The molecule has 2 heterocycles. The lowest BCUT2D eigenvalue weighted by Crippen LogP contribution is -2.31. The molecule has 0 spiro atoms. The molecule has 0 aliphatic carbocycles. The van der Waals surface area contributed by atoms with Crippen LogP contribution in [0.5, 0.6) is 0 Å². The first kappa shape index (κ1) is 34.6. The van der Waals surface area contributed by atoms with Crippen LogP contribution in [-0.4, -0.2) is 43.2 Å². The van der Waals surface area contributed by atoms with E-state index in [4.69, 9.17) is 9.72 Å². The van der Waals surface area contributed by atoms with Gasteiger partial charge in [0, 0.05) is 29.1 Å². The Hall–Kier alpha value is -4.23. The van der Waals surface area contributed by atoms with Gasteiger partial charge in [-0.25, -0.2) is 27.7 Å². The van der Waals surface area contributed by atoms with Crippen LogP contribution in [-0.2, 0) is 34.1 Å². The summed E-state index contributed by atoms with van der Waals surface area (Å²) in [5.41, 5.74) is 2.82. The monoisotopic (exact) mass is 667 g/mol. The summed E-state index contributed by atoms with van der Waals surface area (Å²) >= 11 is 1.14. The summed E-state index contributed by atoms with van der Waals surface area (Å²) in [4.78, 5) is 43.7. The predicted octanol–water partition coefficient (Wildman–Crippen LogP) is 6.43. The van der Waals surface area contributed by atoms with Crippen LogP contribution in [0.15, 0.2) is 57.5 Å². The molecule has 0 aliphatic rings. The number of nitrogens with zero attached hydrogens (tertiary/aromatic N) is 2. The first-order valence-electron chi connectivity index (χ1n) is 15.6. The lowest BCUT2D eigenvalue weighted by molar-refractivity contribution is 0.151. The normalized spacial score (nSPS) is 11.4. The van der Waals surface area contributed by atoms with Gasteiger partial charge >= 0.3 is 12.1 Å². The Bertz CT molecular complexity index is 1850. The number of nitrogens with one attached hydrogen (secondary N) is 3. The molecular formula is C33H41N5O6S2. The van der Waals surface area contributed by atoms with Crippen molar-refractivity contribution in [2.75, 3.05) is 18.5 Å². The van der Waals surface area contributed by atoms with E-state index in [1.54, 1.807) is 22.8 Å². The van der Waals surface area contributed by atoms with Gasteiger partial charge in [-0.3, -0.25) is 9.36 Å². The fourth-order valence-corrected chi connectivity index (χ4v) is 7.65. The molecule has 3 amide bonds. The molecule has 246 valence electrons. The van der Waals surface area contributed by atoms with Crippen molar-refractivity contribution < 1.29 is 22.7 Å². The highest BCUT2D eigenvalue weighted by atomic mass is 32.2. The Kier molecular flexibility index (Phi) is 11.9. The minimum atomic E-state index is -4.17. The molecule has 0 fully saturated rings. The van der Waals surface area contributed by atoms with E-state index in [9.17, 15) is 22.8 Å². The molecule has 4 aromatic rings. The zero-order valence-electron chi connectivity index (χ0n) is 26.6. The lowest BCUT2D eigenvalue weighted by Gasteiger charge is -2.15. The molecule has 46 heavy (non-hydrogen) atoms. The number of urea groups is 1. The number of anilines is 1. The summed E-state index contributed by atoms with van der Waals surface area (Å²) in [7, 11) is -4.17. The van der Waals surface area contributed by atoms with Crippen LogP contribution < -0.4 is 20.9 Å². The molecule has 0 saturated carbocycles. The maximum atomic E-state index is 13.8. The molecule has 3 N–H and O–H groups in total. The highest BCUT2D eigenvalue weighted by Gasteiger charge is 2.26. The van der Waals surface area contributed by atoms with Crippen molar-refractivity contribution in [2.45, 2.75) is 77.0 Å². The standard InChI is InChI=1S/C33H41N5O6S2/c1-5-9-18-44-33(41)37-46(42,43)31-26(20-25(45-31)10-6-2)23-14-12-22(13-15-23)21-38-29(11-7-3)36-28-17-16-24(19-27(28)30(38)39)35-32(40)34-8-4/h12-17,19-20H,5-11,18,21H2,1-4H3,(H,37,41)(H2,34,35,40). The van der Waals surface area contributed by atoms with Crippen LogP contribution in [0.25, 0.3) is 22.0 Å². The Labute approximate surface area is 273 Å². The molecule has 2 aromatic carbocycles. The SMILES string of the molecule is CCCCOC(=O)NS(=O)(=O)c1sc(CCC)cc1-c1ccc(Cn2c(CCC)nc3ccc(NC(=O)NCC)cc3c2=O)cc1. The van der Waals surface area contributed by atoms with Crippen LogP contribution in [0.2, 0.25) is 0 Å². The van der Waals surface area contributed by atoms with Crippen LogP contribution in [0, 0.1) is 0 Å². The number of benzene rings is 2. The van der Waals surface area contributed by atoms with Crippen molar-refractivity contribution in [3.05, 3.63) is 75.1 Å². The summed E-state index contributed by atoms with van der Waals surface area (Å²) in [6.45, 7) is 8.68. The molecule has 0 aliphatic heterocycles. The number of hydrogen-bond acceptors (Lipinski definition) is 8. The highest BCUT2D eigenvalue weighted by molar-refractivity contribution is 7.92. The van der Waals surface area contributed by atoms with Crippen molar-refractivity contribution >= 4 is 50.1 Å². The Morgan fingerprint density at radius 1 is 0.957 bits per heavy atom. The predicted molar refractivity (Wildman–Crippen MR) is 182 cm³/mol. The molecule has 0 atom stereocenters. The smallest absolute Gasteiger partial charge is 0.421 e. The topological polar surface area (TPSA) is 148 Å². The van der Waals surface area contributed by atoms with Crippen LogP contribution >= 0.6 is 11.3 Å². The maximum absolute atomic E-state index is 13.8. The van der Waals surface area contributed by atoms with E-state index in [0.717, 1.165) is 41.0 Å². The zero-order chi connectivity index (χ0) is 33.3. The van der Waals surface area contributed by atoms with Gasteiger partial charge in [-0.2, -0.15) is 0 Å². The molecular weight excluding hydrogens is 627 g/mol. The number of sulfonamides is 1. The van der Waals surface area contributed by atoms with Crippen LogP contribution in [0.1, 0.15) is 69.6 Å². The quantitative estimate of drug-likeness (QED) is 0.131. The van der Waals surface area contributed by atoms with Crippen LogP contribution in [0.4, 0.5) is 15.3 Å². The first-order valence-corrected chi connectivity index (χ1v) is 17.9. The van der Waals surface area contributed by atoms with E-state index in [-0.39, 0.29) is 29.0 Å². The van der Waals surface area contributed by atoms with Gasteiger partial charge in [-0.05, 0) is 61.6 Å². The molecule has 0 saturated heterocycles. The van der Waals surface area contributed by atoms with Crippen molar-refractivity contribution in [3.63, 3.8) is 0 Å². The van der Waals surface area contributed by atoms with E-state index in [2.05, 4.69) is 15.4 Å². The number of ether oxygens (including phenoxy) is 1. The number of aryl methyl sites for hydroxylation is 2. The summed E-state index contributed by atoms with van der Waals surface area (Å²) in [5, 5.41) is 5.81. The largest absolute Gasteiger partial charge is 0.449 e. The summed E-state index contributed by atoms with van der Waals surface area (Å²) in [6.07, 6.45) is 3.39. The number of carbonyl (C=O) groups is 2. The number of carbonyl (C=O) groups excluding carboxylic acids is 2. The molecule has 0 bridgehead atoms. The van der Waals surface area contributed by atoms with Gasteiger partial charge < -0.3 is 15.4 Å². The van der Waals surface area contributed by atoms with Crippen molar-refractivity contribution in [1.29, 1.82) is 0 Å². The first-order chi connectivity index (χ1) is 22.1. The summed E-state index contributed by atoms with van der Waals surface area (Å²) in [5.74, 6) is 0.654. The number of unbranched alkanes of at least 4 members (excludes halogenated alkanes) is 1. The Morgan fingerprint density at radius 3 is 2.37 bits per heavy atom. The Balaban J connectivity index is 1.65. The number of thiophene rings is 1. The molecule has 0 radical (unpaired) electrons. The number of amides is 3. The third kappa shape index (κ3) is 8.52. The second kappa shape index (κ2) is 15.9. The lowest BCUT2D eigenvalue weighted by atomic mass is 10.1. The number of fused-ring (bicyclic) bond motifs is 1. The molecule has 2 aromatic heterocycles. The van der Waals surface area contributed by atoms with E-state index < -0.39 is 16.1 Å². The average molecular weight is 668 g/mol. The minimum Gasteiger partial charge on any atom is -0.449 e. The zero-order valence-corrected chi connectivity index (χ0v) is 28.3. The Morgan fingerprint density at radius 2 is 1.70 bits per heavy atom. The van der Waals surface area contributed by atoms with Crippen LogP contribution in [0.3, 0.4) is 0 Å². The number of rotatable bonds is 14. The molecule has 11 nitrogen and oxygen atoms in total. The van der Waals surface area contributed by atoms with E-state index in [1.165, 1.54) is 0 Å². The summed E-state index contributed by atoms with van der Waals surface area (Å²) < 4.78 is 35.3. The van der Waals surface area contributed by atoms with Gasteiger partial charge in [-0.1, -0.05) is 57.9 Å². The average Bonchev–Trinajstić information content (AvgIpc) is 3.45. The van der Waals surface area contributed by atoms with Gasteiger partial charge in [-0.15, -0.1) is 11.3 Å². The second-order valence-electron chi connectivity index (χ2n) is 10.8. The van der Waals surface area contributed by atoms with Crippen molar-refractivity contribution in [3.8, 4) is 11.1 Å². The van der Waals surface area contributed by atoms with Gasteiger partial charge in [0.2, 0.25) is 0 Å². The highest BCUT2D eigenvalue weighted by Crippen LogP contribution is 2.36. The third-order valence-corrected chi connectivity index (χ3v) is 10.2. The second-order valence-corrected chi connectivity index (χ2v) is 13.9. The van der Waals surface area contributed by atoms with Gasteiger partial charge in [0.25, 0.3) is 15.6 Å². The number of aromatic nitrogens is 2. The minimum absolute atomic E-state index is 0.0494. The van der Waals surface area contributed by atoms with E-state index in [0.29, 0.717) is 59.3 Å². The molecule has 4 rings (SSSR count). The van der Waals surface area contributed by atoms with E-state index in [1.807, 2.05) is 58.0 Å². The van der Waals surface area contributed by atoms with E-state index >= 15 is 0 Å². The number of hydrogen-bond donors (Lipinski definition) is 3. The fourth-order valence-electron chi connectivity index (χ4n) is 4.92. The third-order valence-electron chi connectivity index (χ3n) is 7.15. The molecule has 13 heteroatoms. The fraction of sp³-hybridized carbons (Fsp3) is 0.394. The van der Waals surface area contributed by atoms with Crippen molar-refractivity contribution in [2.24, 2.45) is 0 Å².